The van der Waals surface area contributed by atoms with Crippen LogP contribution in [0.15, 0.2) is 101 Å². The van der Waals surface area contributed by atoms with Crippen LogP contribution in [0, 0.1) is 0 Å². The molecule has 0 saturated carbocycles. The number of amidine groups is 1. The summed E-state index contributed by atoms with van der Waals surface area (Å²) in [5.41, 5.74) is 4.30. The summed E-state index contributed by atoms with van der Waals surface area (Å²) in [6.07, 6.45) is 3.54. The lowest BCUT2D eigenvalue weighted by Crippen LogP contribution is -2.38. The van der Waals surface area contributed by atoms with Crippen LogP contribution in [0.25, 0.3) is 5.70 Å². The van der Waals surface area contributed by atoms with E-state index in [0.717, 1.165) is 22.4 Å². The molecule has 0 bridgehead atoms. The average molecular weight is 541 g/mol. The molecule has 2 aliphatic rings. The molecule has 0 fully saturated rings. The van der Waals surface area contributed by atoms with Crippen molar-refractivity contribution in [2.45, 2.75) is 25.9 Å². The van der Waals surface area contributed by atoms with Crippen LogP contribution >= 0.6 is 11.8 Å². The van der Waals surface area contributed by atoms with Gasteiger partial charge in [-0.05, 0) is 41.7 Å². The number of methoxy groups -OCH3 is 1. The summed E-state index contributed by atoms with van der Waals surface area (Å²) in [5.74, 6) is 0.114. The van der Waals surface area contributed by atoms with E-state index in [-0.39, 0.29) is 18.9 Å². The molecule has 1 N–H and O–H groups in total. The Balaban J connectivity index is 1.53. The third kappa shape index (κ3) is 5.73. The molecular weight excluding hydrogens is 512 g/mol. The number of benzene rings is 2. The summed E-state index contributed by atoms with van der Waals surface area (Å²) >= 11 is 1.44. The topological polar surface area (TPSA) is 93.1 Å². The third-order valence-electron chi connectivity index (χ3n) is 6.34. The summed E-state index contributed by atoms with van der Waals surface area (Å²) in [6, 6.07) is 20.4. The number of amides is 1. The summed E-state index contributed by atoms with van der Waals surface area (Å²) < 4.78 is 10.9. The molecule has 0 radical (unpaired) electrons. The second-order valence-electron chi connectivity index (χ2n) is 8.83. The molecule has 0 saturated heterocycles. The number of hydrogen-bond donors (Lipinski definition) is 1. The predicted octanol–water partition coefficient (Wildman–Crippen LogP) is 5.07. The van der Waals surface area contributed by atoms with Crippen molar-refractivity contribution in [2.24, 2.45) is 4.99 Å². The van der Waals surface area contributed by atoms with E-state index in [1.807, 2.05) is 77.0 Å². The summed E-state index contributed by atoms with van der Waals surface area (Å²) in [5, 5.41) is 5.58. The Bertz CT molecular complexity index is 1440. The van der Waals surface area contributed by atoms with Gasteiger partial charge in [0.25, 0.3) is 0 Å². The highest BCUT2D eigenvalue weighted by Crippen LogP contribution is 2.47. The molecule has 9 heteroatoms. The third-order valence-corrected chi connectivity index (χ3v) is 7.23. The smallest absolute Gasteiger partial charge is 0.338 e. The zero-order chi connectivity index (χ0) is 27.2. The number of nitrogens with zero attached hydrogens (tertiary/aromatic N) is 3. The van der Waals surface area contributed by atoms with Crippen molar-refractivity contribution in [3.8, 4) is 5.75 Å². The molecular formula is C30H28N4O4S. The van der Waals surface area contributed by atoms with Crippen molar-refractivity contribution < 1.29 is 19.1 Å². The lowest BCUT2D eigenvalue weighted by atomic mass is 9.91. The number of rotatable bonds is 9. The van der Waals surface area contributed by atoms with Gasteiger partial charge in [0.1, 0.15) is 5.75 Å². The maximum absolute atomic E-state index is 13.6. The van der Waals surface area contributed by atoms with Crippen LogP contribution < -0.4 is 10.1 Å². The summed E-state index contributed by atoms with van der Waals surface area (Å²) in [6.45, 7) is 2.39. The predicted molar refractivity (Wildman–Crippen MR) is 151 cm³/mol. The number of carbonyl (C=O) groups excluding carboxylic acids is 2. The molecule has 8 nitrogen and oxygen atoms in total. The fourth-order valence-corrected chi connectivity index (χ4v) is 5.44. The minimum atomic E-state index is -0.551. The number of fused-ring (bicyclic) bond motifs is 1. The molecule has 3 heterocycles. The lowest BCUT2D eigenvalue weighted by molar-refractivity contribution is -0.139. The van der Waals surface area contributed by atoms with Gasteiger partial charge in [-0.25, -0.2) is 9.79 Å². The number of pyridine rings is 1. The van der Waals surface area contributed by atoms with Crippen LogP contribution in [0.4, 0.5) is 0 Å². The van der Waals surface area contributed by atoms with Gasteiger partial charge in [0, 0.05) is 30.2 Å². The van der Waals surface area contributed by atoms with Crippen LogP contribution in [0.1, 0.15) is 36.1 Å². The largest absolute Gasteiger partial charge is 0.497 e. The van der Waals surface area contributed by atoms with E-state index in [0.29, 0.717) is 28.7 Å². The first-order valence-corrected chi connectivity index (χ1v) is 13.5. The highest BCUT2D eigenvalue weighted by Gasteiger charge is 2.42. The van der Waals surface area contributed by atoms with Crippen LogP contribution in [-0.4, -0.2) is 40.6 Å². The molecule has 1 aromatic heterocycles. The second-order valence-corrected chi connectivity index (χ2v) is 9.67. The fourth-order valence-electron chi connectivity index (χ4n) is 4.52. The molecule has 5 rings (SSSR count). The van der Waals surface area contributed by atoms with E-state index in [1.54, 1.807) is 26.4 Å². The Morgan fingerprint density at radius 3 is 2.54 bits per heavy atom. The van der Waals surface area contributed by atoms with Gasteiger partial charge in [0.2, 0.25) is 5.91 Å². The standard InChI is InChI=1S/C30H28N4O4S/c1-3-38-29(36)26-27(21-9-5-4-6-10-21)33-30-34(28(26)22-11-13-24(37-2)14-12-22)23(19-39-30)16-25(35)32-18-20-8-7-15-31-17-20/h4-15,17,19,28H,3,16,18H2,1-2H3,(H,32,35). The van der Waals surface area contributed by atoms with Crippen molar-refractivity contribution in [3.05, 3.63) is 112 Å². The molecule has 1 unspecified atom stereocenters. The number of thioether (sulfide) groups is 1. The van der Waals surface area contributed by atoms with Crippen molar-refractivity contribution in [1.29, 1.82) is 0 Å². The molecule has 2 aliphatic heterocycles. The minimum Gasteiger partial charge on any atom is -0.497 e. The number of carbonyl (C=O) groups is 2. The Morgan fingerprint density at radius 2 is 1.85 bits per heavy atom. The van der Waals surface area contributed by atoms with Crippen molar-refractivity contribution in [2.75, 3.05) is 13.7 Å². The Kier molecular flexibility index (Phi) is 8.07. The van der Waals surface area contributed by atoms with Gasteiger partial charge >= 0.3 is 5.97 Å². The molecule has 3 aromatic rings. The van der Waals surface area contributed by atoms with E-state index >= 15 is 0 Å². The minimum absolute atomic E-state index is 0.121. The number of ether oxygens (including phenoxy) is 2. The Morgan fingerprint density at radius 1 is 1.05 bits per heavy atom. The number of esters is 1. The molecule has 2 aromatic carbocycles. The number of hydrogen-bond acceptors (Lipinski definition) is 8. The second kappa shape index (κ2) is 12.0. The first-order chi connectivity index (χ1) is 19.1. The van der Waals surface area contributed by atoms with Gasteiger partial charge in [0.15, 0.2) is 5.17 Å². The quantitative estimate of drug-likeness (QED) is 0.379. The van der Waals surface area contributed by atoms with Gasteiger partial charge in [-0.1, -0.05) is 60.3 Å². The van der Waals surface area contributed by atoms with Crippen molar-refractivity contribution in [1.82, 2.24) is 15.2 Å². The first-order valence-electron chi connectivity index (χ1n) is 12.6. The Hall–Kier alpha value is -4.37. The van der Waals surface area contributed by atoms with Gasteiger partial charge in [-0.2, -0.15) is 0 Å². The van der Waals surface area contributed by atoms with E-state index in [4.69, 9.17) is 14.5 Å². The van der Waals surface area contributed by atoms with Crippen molar-refractivity contribution in [3.63, 3.8) is 0 Å². The van der Waals surface area contributed by atoms with Gasteiger partial charge in [-0.3, -0.25) is 9.78 Å². The van der Waals surface area contributed by atoms with Gasteiger partial charge in [0.05, 0.1) is 37.4 Å². The molecule has 0 spiro atoms. The number of aromatic nitrogens is 1. The monoisotopic (exact) mass is 540 g/mol. The maximum atomic E-state index is 13.6. The fraction of sp³-hybridized carbons (Fsp3) is 0.200. The SMILES string of the molecule is CCOC(=O)C1=C(c2ccccc2)N=C2SC=C(CC(=O)NCc3cccnc3)N2C1c1ccc(OC)cc1. The maximum Gasteiger partial charge on any atom is 0.338 e. The number of nitrogens with one attached hydrogen (secondary N) is 1. The highest BCUT2D eigenvalue weighted by atomic mass is 32.2. The zero-order valence-corrected chi connectivity index (χ0v) is 22.5. The van der Waals surface area contributed by atoms with E-state index in [1.165, 1.54) is 11.8 Å². The Labute approximate surface area is 231 Å². The molecule has 1 atom stereocenters. The van der Waals surface area contributed by atoms with E-state index < -0.39 is 12.0 Å². The summed E-state index contributed by atoms with van der Waals surface area (Å²) in [7, 11) is 1.61. The average Bonchev–Trinajstić information content (AvgIpc) is 3.38. The van der Waals surface area contributed by atoms with Gasteiger partial charge < -0.3 is 19.7 Å². The van der Waals surface area contributed by atoms with Gasteiger partial charge in [-0.15, -0.1) is 0 Å². The zero-order valence-electron chi connectivity index (χ0n) is 21.7. The molecule has 39 heavy (non-hydrogen) atoms. The molecule has 0 aliphatic carbocycles. The van der Waals surface area contributed by atoms with Crippen LogP contribution in [0.5, 0.6) is 5.75 Å². The molecule has 198 valence electrons. The lowest BCUT2D eigenvalue weighted by Gasteiger charge is -2.36. The van der Waals surface area contributed by atoms with Crippen LogP contribution in [0.3, 0.4) is 0 Å². The normalized spacial score (nSPS) is 16.3. The van der Waals surface area contributed by atoms with E-state index in [2.05, 4.69) is 10.3 Å². The van der Waals surface area contributed by atoms with Crippen LogP contribution in [0.2, 0.25) is 0 Å². The van der Waals surface area contributed by atoms with E-state index in [9.17, 15) is 9.59 Å². The summed E-state index contributed by atoms with van der Waals surface area (Å²) in [4.78, 5) is 37.6. The van der Waals surface area contributed by atoms with Crippen LogP contribution in [-0.2, 0) is 20.9 Å². The number of aliphatic imine (C=N–C) groups is 1. The first kappa shape index (κ1) is 26.2. The highest BCUT2D eigenvalue weighted by molar-refractivity contribution is 8.16. The van der Waals surface area contributed by atoms with Crippen molar-refractivity contribution >= 4 is 34.5 Å². The molecule has 1 amide bonds.